The maximum Gasteiger partial charge on any atom is 0.236 e. The Morgan fingerprint density at radius 2 is 1.81 bits per heavy atom. The lowest BCUT2D eigenvalue weighted by Gasteiger charge is -2.37. The van der Waals surface area contributed by atoms with Gasteiger partial charge in [-0.25, -0.2) is 9.97 Å². The molecule has 0 atom stereocenters. The Labute approximate surface area is 191 Å². The largest absolute Gasteiger partial charge is 0.353 e. The highest BCUT2D eigenvalue weighted by molar-refractivity contribution is 7.19. The summed E-state index contributed by atoms with van der Waals surface area (Å²) in [5, 5.41) is 3.27. The van der Waals surface area contributed by atoms with Gasteiger partial charge in [-0.1, -0.05) is 6.07 Å². The Balaban J connectivity index is 1.35. The van der Waals surface area contributed by atoms with Crippen molar-refractivity contribution in [2.24, 2.45) is 0 Å². The first-order valence-corrected chi connectivity index (χ1v) is 12.9. The van der Waals surface area contributed by atoms with E-state index in [-0.39, 0.29) is 0 Å². The van der Waals surface area contributed by atoms with E-state index in [0.717, 1.165) is 73.5 Å². The molecule has 2 aliphatic heterocycles. The van der Waals surface area contributed by atoms with E-state index in [2.05, 4.69) is 46.1 Å². The minimum absolute atomic E-state index is 0.293. The summed E-state index contributed by atoms with van der Waals surface area (Å²) in [5.41, 5.74) is 1.29. The molecule has 2 saturated heterocycles. The second-order valence-electron chi connectivity index (χ2n) is 8.52. The lowest BCUT2D eigenvalue weighted by atomic mass is 10.1. The quantitative estimate of drug-likeness (QED) is 0.591. The number of fused-ring (bicyclic) bond motifs is 1. The third kappa shape index (κ3) is 4.21. The zero-order chi connectivity index (χ0) is 21.4. The van der Waals surface area contributed by atoms with Crippen molar-refractivity contribution in [3.8, 4) is 10.7 Å². The van der Waals surface area contributed by atoms with E-state index in [4.69, 9.17) is 9.97 Å². The van der Waals surface area contributed by atoms with Crippen LogP contribution in [0, 0.1) is 13.8 Å². The van der Waals surface area contributed by atoms with Crippen LogP contribution in [0.4, 0.5) is 5.82 Å². The van der Waals surface area contributed by atoms with Gasteiger partial charge in [0.25, 0.3) is 0 Å². The SMILES string of the molecule is Cc1sc2nc(-c3cccs3)nc(N3CCN(CC(=O)N4CCCCC4)CC3)c2c1C. The fraction of sp³-hybridized carbons (Fsp3) is 0.522. The Morgan fingerprint density at radius 1 is 1.03 bits per heavy atom. The number of thiophene rings is 2. The van der Waals surface area contributed by atoms with E-state index >= 15 is 0 Å². The van der Waals surface area contributed by atoms with Crippen molar-refractivity contribution < 1.29 is 4.79 Å². The zero-order valence-corrected chi connectivity index (χ0v) is 19.9. The predicted molar refractivity (Wildman–Crippen MR) is 129 cm³/mol. The van der Waals surface area contributed by atoms with E-state index in [1.807, 2.05) is 0 Å². The average molecular weight is 456 g/mol. The summed E-state index contributed by atoms with van der Waals surface area (Å²) in [6.45, 7) is 10.3. The van der Waals surface area contributed by atoms with Crippen LogP contribution in [0.5, 0.6) is 0 Å². The van der Waals surface area contributed by atoms with Gasteiger partial charge in [-0.2, -0.15) is 0 Å². The molecule has 3 aromatic heterocycles. The number of nitrogens with zero attached hydrogens (tertiary/aromatic N) is 5. The van der Waals surface area contributed by atoms with Crippen LogP contribution in [0.2, 0.25) is 0 Å². The number of piperazine rings is 1. The smallest absolute Gasteiger partial charge is 0.236 e. The highest BCUT2D eigenvalue weighted by atomic mass is 32.1. The minimum Gasteiger partial charge on any atom is -0.353 e. The van der Waals surface area contributed by atoms with Gasteiger partial charge in [-0.15, -0.1) is 22.7 Å². The molecule has 0 aliphatic carbocycles. The van der Waals surface area contributed by atoms with Crippen molar-refractivity contribution in [3.63, 3.8) is 0 Å². The van der Waals surface area contributed by atoms with E-state index in [1.165, 1.54) is 22.2 Å². The maximum atomic E-state index is 12.7. The number of likely N-dealkylation sites (tertiary alicyclic amines) is 1. The molecular weight excluding hydrogens is 426 g/mol. The van der Waals surface area contributed by atoms with Crippen LogP contribution in [-0.4, -0.2) is 71.5 Å². The number of carbonyl (C=O) groups excluding carboxylic acids is 1. The molecule has 0 N–H and O–H groups in total. The number of hydrogen-bond donors (Lipinski definition) is 0. The van der Waals surface area contributed by atoms with E-state index < -0.39 is 0 Å². The first-order valence-electron chi connectivity index (χ1n) is 11.2. The van der Waals surface area contributed by atoms with Gasteiger partial charge in [0.2, 0.25) is 5.91 Å². The van der Waals surface area contributed by atoms with Gasteiger partial charge in [-0.05, 0) is 50.1 Å². The maximum absolute atomic E-state index is 12.7. The van der Waals surface area contributed by atoms with Gasteiger partial charge in [0.15, 0.2) is 5.82 Å². The highest BCUT2D eigenvalue weighted by Gasteiger charge is 2.26. The molecule has 164 valence electrons. The third-order valence-electron chi connectivity index (χ3n) is 6.49. The van der Waals surface area contributed by atoms with Crippen LogP contribution >= 0.6 is 22.7 Å². The lowest BCUT2D eigenvalue weighted by molar-refractivity contribution is -0.133. The molecule has 3 aromatic rings. The van der Waals surface area contributed by atoms with E-state index in [9.17, 15) is 4.79 Å². The fourth-order valence-electron chi connectivity index (χ4n) is 4.53. The molecule has 5 rings (SSSR count). The topological polar surface area (TPSA) is 52.6 Å². The summed E-state index contributed by atoms with van der Waals surface area (Å²) in [4.78, 5) is 32.8. The molecule has 8 heteroatoms. The van der Waals surface area contributed by atoms with Crippen molar-refractivity contribution in [2.75, 3.05) is 50.7 Å². The van der Waals surface area contributed by atoms with Crippen molar-refractivity contribution in [3.05, 3.63) is 28.0 Å². The number of amides is 1. The zero-order valence-electron chi connectivity index (χ0n) is 18.3. The Hall–Kier alpha value is -2.03. The summed E-state index contributed by atoms with van der Waals surface area (Å²) >= 11 is 3.44. The standard InChI is InChI=1S/C23H29N5OS2/c1-16-17(2)31-23-20(16)22(24-21(25-23)18-7-6-14-30-18)28-12-10-26(11-13-28)15-19(29)27-8-4-3-5-9-27/h6-7,14H,3-5,8-13,15H2,1-2H3. The van der Waals surface area contributed by atoms with Crippen LogP contribution in [-0.2, 0) is 4.79 Å². The average Bonchev–Trinajstić information content (AvgIpc) is 3.43. The van der Waals surface area contributed by atoms with Crippen LogP contribution < -0.4 is 4.90 Å². The number of piperidine rings is 1. The summed E-state index contributed by atoms with van der Waals surface area (Å²) in [5.74, 6) is 2.17. The Bertz CT molecular complexity index is 1060. The molecule has 0 aromatic carbocycles. The van der Waals surface area contributed by atoms with Gasteiger partial charge in [0, 0.05) is 44.1 Å². The van der Waals surface area contributed by atoms with Crippen molar-refractivity contribution >= 4 is 44.6 Å². The number of carbonyl (C=O) groups is 1. The molecule has 0 unspecified atom stereocenters. The number of hydrogen-bond acceptors (Lipinski definition) is 7. The van der Waals surface area contributed by atoms with Gasteiger partial charge >= 0.3 is 0 Å². The molecular formula is C23H29N5OS2. The summed E-state index contributed by atoms with van der Waals surface area (Å²) in [6, 6.07) is 4.14. The molecule has 6 nitrogen and oxygen atoms in total. The fourth-order valence-corrected chi connectivity index (χ4v) is 6.21. The monoisotopic (exact) mass is 455 g/mol. The predicted octanol–water partition coefficient (Wildman–Crippen LogP) is 4.17. The number of rotatable bonds is 4. The lowest BCUT2D eigenvalue weighted by Crippen LogP contribution is -2.51. The van der Waals surface area contributed by atoms with Gasteiger partial charge in [0.1, 0.15) is 10.6 Å². The van der Waals surface area contributed by atoms with Gasteiger partial charge in [0.05, 0.1) is 16.8 Å². The summed E-state index contributed by atoms with van der Waals surface area (Å²) in [7, 11) is 0. The Morgan fingerprint density at radius 3 is 2.52 bits per heavy atom. The van der Waals surface area contributed by atoms with Crippen molar-refractivity contribution in [1.29, 1.82) is 0 Å². The van der Waals surface area contributed by atoms with E-state index in [0.29, 0.717) is 12.5 Å². The van der Waals surface area contributed by atoms with Crippen LogP contribution in [0.15, 0.2) is 17.5 Å². The number of aryl methyl sites for hydroxylation is 2. The van der Waals surface area contributed by atoms with Crippen molar-refractivity contribution in [1.82, 2.24) is 19.8 Å². The Kier molecular flexibility index (Phi) is 5.95. The van der Waals surface area contributed by atoms with Crippen molar-refractivity contribution in [2.45, 2.75) is 33.1 Å². The second kappa shape index (κ2) is 8.84. The van der Waals surface area contributed by atoms with E-state index in [1.54, 1.807) is 22.7 Å². The molecule has 0 spiro atoms. The number of anilines is 1. The van der Waals surface area contributed by atoms with Crippen LogP contribution in [0.25, 0.3) is 20.9 Å². The first-order chi connectivity index (χ1) is 15.1. The van der Waals surface area contributed by atoms with Gasteiger partial charge in [-0.3, -0.25) is 9.69 Å². The molecule has 31 heavy (non-hydrogen) atoms. The van der Waals surface area contributed by atoms with Crippen LogP contribution in [0.1, 0.15) is 29.7 Å². The summed E-state index contributed by atoms with van der Waals surface area (Å²) < 4.78 is 0. The molecule has 0 bridgehead atoms. The molecule has 2 fully saturated rings. The first kappa shape index (κ1) is 20.8. The highest BCUT2D eigenvalue weighted by Crippen LogP contribution is 2.37. The van der Waals surface area contributed by atoms with Crippen LogP contribution in [0.3, 0.4) is 0 Å². The number of aromatic nitrogens is 2. The molecule has 0 saturated carbocycles. The molecule has 1 amide bonds. The second-order valence-corrected chi connectivity index (χ2v) is 10.7. The normalized spacial score (nSPS) is 18.1. The minimum atomic E-state index is 0.293. The molecule has 0 radical (unpaired) electrons. The molecule has 5 heterocycles. The van der Waals surface area contributed by atoms with Gasteiger partial charge < -0.3 is 9.80 Å². The third-order valence-corrected chi connectivity index (χ3v) is 8.46. The summed E-state index contributed by atoms with van der Waals surface area (Å²) in [6.07, 6.45) is 3.55. The molecule has 2 aliphatic rings.